The van der Waals surface area contributed by atoms with E-state index in [-0.39, 0.29) is 17.3 Å². The summed E-state index contributed by atoms with van der Waals surface area (Å²) in [5, 5.41) is 0.561. The van der Waals surface area contributed by atoms with Gasteiger partial charge in [0.2, 0.25) is 5.91 Å². The van der Waals surface area contributed by atoms with Gasteiger partial charge in [0.05, 0.1) is 10.9 Å². The zero-order valence-electron chi connectivity index (χ0n) is 14.5. The minimum atomic E-state index is -0.292. The highest BCUT2D eigenvalue weighted by Crippen LogP contribution is 2.10. The molecular weight excluding hydrogens is 333 g/mol. The van der Waals surface area contributed by atoms with Gasteiger partial charge in [-0.1, -0.05) is 24.3 Å². The zero-order chi connectivity index (χ0) is 18.5. The Balaban J connectivity index is 1.54. The number of hydrogen-bond donors (Lipinski definition) is 1. The molecule has 134 valence electrons. The molecule has 0 saturated heterocycles. The predicted molar refractivity (Wildman–Crippen MR) is 98.2 cm³/mol. The quantitative estimate of drug-likeness (QED) is 0.741. The second kappa shape index (κ2) is 7.91. The number of nitrogens with zero attached hydrogens (tertiary/aromatic N) is 2. The molecule has 0 spiro atoms. The molecule has 26 heavy (non-hydrogen) atoms. The van der Waals surface area contributed by atoms with Crippen molar-refractivity contribution >= 4 is 16.8 Å². The Morgan fingerprint density at radius 3 is 2.65 bits per heavy atom. The summed E-state index contributed by atoms with van der Waals surface area (Å²) in [6.07, 6.45) is 1.47. The number of aryl methyl sites for hydroxylation is 1. The van der Waals surface area contributed by atoms with Crippen LogP contribution >= 0.6 is 0 Å². The average Bonchev–Trinajstić information content (AvgIpc) is 2.63. The van der Waals surface area contributed by atoms with Crippen molar-refractivity contribution in [1.82, 2.24) is 14.9 Å². The number of H-pyrrole nitrogens is 1. The minimum Gasteiger partial charge on any atom is -0.341 e. The highest BCUT2D eigenvalue weighted by Gasteiger charge is 2.10. The van der Waals surface area contributed by atoms with Crippen LogP contribution in [-0.4, -0.2) is 27.8 Å². The maximum atomic E-state index is 12.9. The lowest BCUT2D eigenvalue weighted by molar-refractivity contribution is -0.130. The van der Waals surface area contributed by atoms with E-state index in [2.05, 4.69) is 9.97 Å². The second-order valence-electron chi connectivity index (χ2n) is 6.26. The lowest BCUT2D eigenvalue weighted by atomic mass is 10.1. The van der Waals surface area contributed by atoms with Crippen molar-refractivity contribution < 1.29 is 9.18 Å². The van der Waals surface area contributed by atoms with Crippen LogP contribution in [0.1, 0.15) is 24.2 Å². The molecule has 0 aliphatic carbocycles. The van der Waals surface area contributed by atoms with E-state index in [0.717, 1.165) is 5.56 Å². The van der Waals surface area contributed by atoms with Gasteiger partial charge in [-0.3, -0.25) is 9.59 Å². The smallest absolute Gasteiger partial charge is 0.258 e. The van der Waals surface area contributed by atoms with Crippen LogP contribution in [0.15, 0.2) is 53.3 Å². The van der Waals surface area contributed by atoms with Crippen LogP contribution in [0.5, 0.6) is 0 Å². The summed E-state index contributed by atoms with van der Waals surface area (Å²) in [5.74, 6) is 0.291. The van der Waals surface area contributed by atoms with Crippen LogP contribution < -0.4 is 5.56 Å². The molecule has 0 fully saturated rings. The number of fused-ring (bicyclic) bond motifs is 1. The van der Waals surface area contributed by atoms with Gasteiger partial charge in [-0.05, 0) is 36.2 Å². The van der Waals surface area contributed by atoms with E-state index in [9.17, 15) is 14.0 Å². The Hall–Kier alpha value is -3.02. The summed E-state index contributed by atoms with van der Waals surface area (Å²) < 4.78 is 12.9. The number of aromatic amines is 1. The maximum Gasteiger partial charge on any atom is 0.258 e. The molecule has 3 rings (SSSR count). The van der Waals surface area contributed by atoms with Gasteiger partial charge in [0.1, 0.15) is 11.6 Å². The van der Waals surface area contributed by atoms with Gasteiger partial charge in [-0.25, -0.2) is 9.37 Å². The summed E-state index contributed by atoms with van der Waals surface area (Å²) >= 11 is 0. The number of rotatable bonds is 6. The first-order valence-electron chi connectivity index (χ1n) is 8.49. The van der Waals surface area contributed by atoms with E-state index in [4.69, 9.17) is 0 Å². The number of nitrogens with one attached hydrogen (secondary N) is 1. The topological polar surface area (TPSA) is 66.1 Å². The van der Waals surface area contributed by atoms with Gasteiger partial charge in [-0.15, -0.1) is 0 Å². The van der Waals surface area contributed by atoms with E-state index >= 15 is 0 Å². The van der Waals surface area contributed by atoms with Crippen molar-refractivity contribution in [1.29, 1.82) is 0 Å². The molecule has 1 amide bonds. The fraction of sp³-hybridized carbons (Fsp3) is 0.250. The van der Waals surface area contributed by atoms with Crippen LogP contribution in [0.2, 0.25) is 0 Å². The van der Waals surface area contributed by atoms with Crippen molar-refractivity contribution in [2.24, 2.45) is 0 Å². The summed E-state index contributed by atoms with van der Waals surface area (Å²) in [6.45, 7) is 0.435. The SMILES string of the molecule is CN(Cc1ccc(F)cc1)C(=O)CCCc1nc2ccccc2c(=O)[nH]1. The molecule has 1 heterocycles. The molecule has 1 N–H and O–H groups in total. The van der Waals surface area contributed by atoms with Gasteiger partial charge in [0.15, 0.2) is 0 Å². The van der Waals surface area contributed by atoms with Crippen LogP contribution in [-0.2, 0) is 17.8 Å². The molecule has 0 aliphatic heterocycles. The Morgan fingerprint density at radius 1 is 1.15 bits per heavy atom. The number of aromatic nitrogens is 2. The molecule has 0 aliphatic rings. The first-order chi connectivity index (χ1) is 12.5. The fourth-order valence-electron chi connectivity index (χ4n) is 2.80. The summed E-state index contributed by atoms with van der Waals surface area (Å²) in [5.41, 5.74) is 1.37. The minimum absolute atomic E-state index is 0.00235. The zero-order valence-corrected chi connectivity index (χ0v) is 14.5. The summed E-state index contributed by atoms with van der Waals surface area (Å²) in [6, 6.07) is 13.3. The lowest BCUT2D eigenvalue weighted by Crippen LogP contribution is -2.26. The number of carbonyl (C=O) groups excluding carboxylic acids is 1. The van der Waals surface area contributed by atoms with Crippen LogP contribution in [0.3, 0.4) is 0 Å². The van der Waals surface area contributed by atoms with Crippen molar-refractivity contribution in [2.75, 3.05) is 7.05 Å². The third-order valence-corrected chi connectivity index (χ3v) is 4.22. The summed E-state index contributed by atoms with van der Waals surface area (Å²) in [4.78, 5) is 33.1. The normalized spacial score (nSPS) is 10.8. The Labute approximate surface area is 150 Å². The first kappa shape index (κ1) is 17.8. The van der Waals surface area contributed by atoms with E-state index in [1.54, 1.807) is 42.3 Å². The molecule has 6 heteroatoms. The average molecular weight is 353 g/mol. The van der Waals surface area contributed by atoms with E-state index in [1.807, 2.05) is 6.07 Å². The number of benzene rings is 2. The third-order valence-electron chi connectivity index (χ3n) is 4.22. The van der Waals surface area contributed by atoms with Crippen molar-refractivity contribution in [3.63, 3.8) is 0 Å². The van der Waals surface area contributed by atoms with Gasteiger partial charge in [-0.2, -0.15) is 0 Å². The monoisotopic (exact) mass is 353 g/mol. The molecule has 1 aromatic heterocycles. The van der Waals surface area contributed by atoms with Crippen molar-refractivity contribution in [3.8, 4) is 0 Å². The number of carbonyl (C=O) groups is 1. The second-order valence-corrected chi connectivity index (χ2v) is 6.26. The number of amides is 1. The molecule has 0 saturated carbocycles. The van der Waals surface area contributed by atoms with Crippen molar-refractivity contribution in [3.05, 3.63) is 76.1 Å². The fourth-order valence-corrected chi connectivity index (χ4v) is 2.80. The van der Waals surface area contributed by atoms with E-state index in [0.29, 0.717) is 42.5 Å². The maximum absolute atomic E-state index is 12.9. The van der Waals surface area contributed by atoms with E-state index < -0.39 is 0 Å². The molecule has 3 aromatic rings. The molecule has 2 aromatic carbocycles. The van der Waals surface area contributed by atoms with Crippen LogP contribution in [0, 0.1) is 5.82 Å². The Morgan fingerprint density at radius 2 is 1.88 bits per heavy atom. The Kier molecular flexibility index (Phi) is 5.41. The van der Waals surface area contributed by atoms with E-state index in [1.165, 1.54) is 12.1 Å². The highest BCUT2D eigenvalue weighted by molar-refractivity contribution is 5.77. The highest BCUT2D eigenvalue weighted by atomic mass is 19.1. The molecular formula is C20H20FN3O2. The van der Waals surface area contributed by atoms with Gasteiger partial charge >= 0.3 is 0 Å². The Bertz CT molecular complexity index is 967. The first-order valence-corrected chi connectivity index (χ1v) is 8.49. The molecule has 5 nitrogen and oxygen atoms in total. The van der Waals surface area contributed by atoms with Gasteiger partial charge in [0.25, 0.3) is 5.56 Å². The standard InChI is InChI=1S/C20H20FN3O2/c1-24(13-14-9-11-15(21)12-10-14)19(25)8-4-7-18-22-17-6-3-2-5-16(17)20(26)23-18/h2-3,5-6,9-12H,4,7-8,13H2,1H3,(H,22,23,26). The molecule has 0 radical (unpaired) electrons. The van der Waals surface area contributed by atoms with Crippen molar-refractivity contribution in [2.45, 2.75) is 25.8 Å². The van der Waals surface area contributed by atoms with Crippen LogP contribution in [0.4, 0.5) is 4.39 Å². The molecule has 0 unspecified atom stereocenters. The third kappa shape index (κ3) is 4.33. The number of halogens is 1. The summed E-state index contributed by atoms with van der Waals surface area (Å²) in [7, 11) is 1.72. The lowest BCUT2D eigenvalue weighted by Gasteiger charge is -2.17. The predicted octanol–water partition coefficient (Wildman–Crippen LogP) is 3.04. The largest absolute Gasteiger partial charge is 0.341 e. The van der Waals surface area contributed by atoms with Gasteiger partial charge < -0.3 is 9.88 Å². The molecule has 0 atom stereocenters. The number of para-hydroxylation sites is 1. The van der Waals surface area contributed by atoms with Crippen LogP contribution in [0.25, 0.3) is 10.9 Å². The van der Waals surface area contributed by atoms with Gasteiger partial charge in [0, 0.05) is 26.4 Å². The molecule has 0 bridgehead atoms. The number of hydrogen-bond acceptors (Lipinski definition) is 3.